The van der Waals surface area contributed by atoms with E-state index in [0.29, 0.717) is 16.8 Å². The first-order chi connectivity index (χ1) is 15.8. The molecule has 0 spiro atoms. The van der Waals surface area contributed by atoms with E-state index < -0.39 is 5.25 Å². The highest BCUT2D eigenvalue weighted by atomic mass is 32.2. The molecule has 2 amide bonds. The zero-order valence-electron chi connectivity index (χ0n) is 18.0. The molecule has 0 saturated carbocycles. The van der Waals surface area contributed by atoms with E-state index in [9.17, 15) is 20.1 Å². The van der Waals surface area contributed by atoms with E-state index >= 15 is 0 Å². The number of carbonyl (C=O) groups is 2. The van der Waals surface area contributed by atoms with Gasteiger partial charge in [-0.15, -0.1) is 0 Å². The Hall–Kier alpha value is -4.14. The SMILES string of the molecule is Cc1ccc(-c2c(C#N)c(N)nc(SC3CC(=O)N(c4ccc(C)cc4)C3=O)c2C#N)cc1. The van der Waals surface area contributed by atoms with Gasteiger partial charge in [0.25, 0.3) is 0 Å². The van der Waals surface area contributed by atoms with Crippen LogP contribution in [0, 0.1) is 36.5 Å². The number of carbonyl (C=O) groups excluding carboxylic acids is 2. The summed E-state index contributed by atoms with van der Waals surface area (Å²) in [7, 11) is 0. The van der Waals surface area contributed by atoms with Crippen LogP contribution in [-0.4, -0.2) is 22.0 Å². The summed E-state index contributed by atoms with van der Waals surface area (Å²) >= 11 is 1.03. The van der Waals surface area contributed by atoms with Gasteiger partial charge in [-0.25, -0.2) is 9.88 Å². The fourth-order valence-corrected chi connectivity index (χ4v) is 4.81. The number of nitriles is 2. The van der Waals surface area contributed by atoms with Gasteiger partial charge in [-0.3, -0.25) is 9.59 Å². The van der Waals surface area contributed by atoms with Gasteiger partial charge in [-0.05, 0) is 31.5 Å². The minimum atomic E-state index is -0.753. The lowest BCUT2D eigenvalue weighted by atomic mass is 9.96. The van der Waals surface area contributed by atoms with Crippen molar-refractivity contribution < 1.29 is 9.59 Å². The molecule has 162 valence electrons. The van der Waals surface area contributed by atoms with Crippen LogP contribution in [0.2, 0.25) is 0 Å². The Morgan fingerprint density at radius 2 is 1.55 bits per heavy atom. The summed E-state index contributed by atoms with van der Waals surface area (Å²) in [5.74, 6) is -0.721. The quantitative estimate of drug-likeness (QED) is 0.589. The number of anilines is 2. The molecule has 0 aliphatic carbocycles. The van der Waals surface area contributed by atoms with Crippen LogP contribution in [0.15, 0.2) is 53.6 Å². The lowest BCUT2D eigenvalue weighted by molar-refractivity contribution is -0.121. The van der Waals surface area contributed by atoms with Gasteiger partial charge in [-0.2, -0.15) is 10.5 Å². The smallest absolute Gasteiger partial charge is 0.247 e. The zero-order chi connectivity index (χ0) is 23.7. The maximum absolute atomic E-state index is 13.1. The Kier molecular flexibility index (Phi) is 5.87. The molecule has 1 aliphatic heterocycles. The lowest BCUT2D eigenvalue weighted by Gasteiger charge is -2.16. The van der Waals surface area contributed by atoms with Gasteiger partial charge in [0.2, 0.25) is 11.8 Å². The van der Waals surface area contributed by atoms with Crippen LogP contribution >= 0.6 is 11.8 Å². The number of nitrogens with two attached hydrogens (primary N) is 1. The molecule has 1 fully saturated rings. The fraction of sp³-hybridized carbons (Fsp3) is 0.160. The van der Waals surface area contributed by atoms with Gasteiger partial charge in [-0.1, -0.05) is 59.3 Å². The van der Waals surface area contributed by atoms with E-state index in [-0.39, 0.29) is 40.2 Å². The number of hydrogen-bond donors (Lipinski definition) is 1. The largest absolute Gasteiger partial charge is 0.383 e. The highest BCUT2D eigenvalue weighted by Crippen LogP contribution is 2.40. The predicted octanol–water partition coefficient (Wildman–Crippen LogP) is 4.12. The van der Waals surface area contributed by atoms with Crippen LogP contribution in [0.4, 0.5) is 11.5 Å². The van der Waals surface area contributed by atoms with Gasteiger partial charge < -0.3 is 5.73 Å². The molecular weight excluding hydrogens is 434 g/mol. The van der Waals surface area contributed by atoms with Crippen molar-refractivity contribution in [2.45, 2.75) is 30.5 Å². The van der Waals surface area contributed by atoms with Crippen LogP contribution in [0.3, 0.4) is 0 Å². The summed E-state index contributed by atoms with van der Waals surface area (Å²) in [6.45, 7) is 3.86. The molecule has 3 aromatic rings. The molecule has 4 rings (SSSR count). The van der Waals surface area contributed by atoms with Gasteiger partial charge >= 0.3 is 0 Å². The molecule has 7 nitrogen and oxygen atoms in total. The maximum Gasteiger partial charge on any atom is 0.247 e. The van der Waals surface area contributed by atoms with E-state index in [4.69, 9.17) is 5.73 Å². The van der Waals surface area contributed by atoms with Crippen molar-refractivity contribution in [2.24, 2.45) is 0 Å². The van der Waals surface area contributed by atoms with Crippen molar-refractivity contribution >= 4 is 35.1 Å². The summed E-state index contributed by atoms with van der Waals surface area (Å²) in [5.41, 5.74) is 9.92. The van der Waals surface area contributed by atoms with Crippen LogP contribution in [0.1, 0.15) is 28.7 Å². The predicted molar refractivity (Wildman–Crippen MR) is 126 cm³/mol. The van der Waals surface area contributed by atoms with E-state index in [1.54, 1.807) is 12.1 Å². The normalized spacial score (nSPS) is 15.4. The first-order valence-corrected chi connectivity index (χ1v) is 11.0. The van der Waals surface area contributed by atoms with E-state index in [2.05, 4.69) is 11.1 Å². The fourth-order valence-electron chi connectivity index (χ4n) is 3.69. The number of aromatic nitrogens is 1. The average molecular weight is 454 g/mol. The second kappa shape index (κ2) is 8.78. The number of benzene rings is 2. The number of thioether (sulfide) groups is 1. The van der Waals surface area contributed by atoms with Crippen molar-refractivity contribution in [3.63, 3.8) is 0 Å². The Bertz CT molecular complexity index is 1350. The second-order valence-electron chi connectivity index (χ2n) is 7.73. The molecule has 33 heavy (non-hydrogen) atoms. The number of rotatable bonds is 4. The van der Waals surface area contributed by atoms with E-state index in [1.807, 2.05) is 56.3 Å². The molecule has 1 saturated heterocycles. The summed E-state index contributed by atoms with van der Waals surface area (Å²) in [5, 5.41) is 19.1. The molecule has 8 heteroatoms. The van der Waals surface area contributed by atoms with Crippen LogP contribution in [-0.2, 0) is 9.59 Å². The molecule has 2 aromatic carbocycles. The lowest BCUT2D eigenvalue weighted by Crippen LogP contribution is -2.31. The van der Waals surface area contributed by atoms with Gasteiger partial charge in [0.15, 0.2) is 0 Å². The number of amides is 2. The minimum Gasteiger partial charge on any atom is -0.383 e. The number of hydrogen-bond acceptors (Lipinski definition) is 7. The van der Waals surface area contributed by atoms with E-state index in [1.165, 1.54) is 0 Å². The maximum atomic E-state index is 13.1. The molecule has 1 atom stereocenters. The van der Waals surface area contributed by atoms with Crippen LogP contribution in [0.25, 0.3) is 11.1 Å². The number of nitrogens with zero attached hydrogens (tertiary/aromatic N) is 4. The topological polar surface area (TPSA) is 124 Å². The monoisotopic (exact) mass is 453 g/mol. The Morgan fingerprint density at radius 1 is 0.970 bits per heavy atom. The third-order valence-electron chi connectivity index (χ3n) is 5.41. The third-order valence-corrected chi connectivity index (χ3v) is 6.58. The minimum absolute atomic E-state index is 0.0241. The molecule has 1 aromatic heterocycles. The van der Waals surface area contributed by atoms with Crippen LogP contribution < -0.4 is 10.6 Å². The van der Waals surface area contributed by atoms with Gasteiger partial charge in [0, 0.05) is 12.0 Å². The number of pyridine rings is 1. The van der Waals surface area contributed by atoms with Crippen molar-refractivity contribution in [2.75, 3.05) is 10.6 Å². The molecule has 1 unspecified atom stereocenters. The van der Waals surface area contributed by atoms with Crippen molar-refractivity contribution in [1.82, 2.24) is 4.98 Å². The first kappa shape index (κ1) is 22.1. The second-order valence-corrected chi connectivity index (χ2v) is 8.92. The van der Waals surface area contributed by atoms with E-state index in [0.717, 1.165) is 27.8 Å². The number of aryl methyl sites for hydroxylation is 2. The number of imide groups is 1. The Morgan fingerprint density at radius 3 is 2.12 bits per heavy atom. The molecular formula is C25H19N5O2S. The Balaban J connectivity index is 1.74. The summed E-state index contributed by atoms with van der Waals surface area (Å²) in [6, 6.07) is 18.7. The summed E-state index contributed by atoms with van der Waals surface area (Å²) in [4.78, 5) is 31.2. The molecule has 0 bridgehead atoms. The van der Waals surface area contributed by atoms with Crippen molar-refractivity contribution in [1.29, 1.82) is 10.5 Å². The molecule has 2 heterocycles. The molecule has 1 aliphatic rings. The summed E-state index contributed by atoms with van der Waals surface area (Å²) < 4.78 is 0. The molecule has 2 N–H and O–H groups in total. The molecule has 0 radical (unpaired) electrons. The standard InChI is InChI=1S/C25H19N5O2S/c1-14-3-7-16(8-4-14)22-18(12-26)23(28)29-24(19(22)13-27)33-20-11-21(31)30(25(20)32)17-9-5-15(2)6-10-17/h3-10,20H,11H2,1-2H3,(H2,28,29). The third kappa shape index (κ3) is 4.05. The zero-order valence-corrected chi connectivity index (χ0v) is 18.8. The van der Waals surface area contributed by atoms with Crippen LogP contribution in [0.5, 0.6) is 0 Å². The average Bonchev–Trinajstić information content (AvgIpc) is 3.07. The first-order valence-electron chi connectivity index (χ1n) is 10.1. The Labute approximate surface area is 195 Å². The van der Waals surface area contributed by atoms with Crippen molar-refractivity contribution in [3.05, 3.63) is 70.8 Å². The summed E-state index contributed by atoms with van der Waals surface area (Å²) in [6.07, 6.45) is -0.0241. The van der Waals surface area contributed by atoms with Gasteiger partial charge in [0.05, 0.1) is 16.5 Å². The van der Waals surface area contributed by atoms with Crippen molar-refractivity contribution in [3.8, 4) is 23.3 Å². The highest BCUT2D eigenvalue weighted by molar-refractivity contribution is 8.00. The number of nitrogen functional groups attached to an aromatic ring is 1. The van der Waals surface area contributed by atoms with Gasteiger partial charge in [0.1, 0.15) is 28.5 Å². The highest BCUT2D eigenvalue weighted by Gasteiger charge is 2.41.